The summed E-state index contributed by atoms with van der Waals surface area (Å²) in [5.41, 5.74) is 3.48. The number of benzene rings is 1. The number of anilines is 2. The number of allylic oxidation sites excluding steroid dienone is 1. The molecule has 2 N–H and O–H groups in total. The number of hydrogen-bond acceptors (Lipinski definition) is 7. The van der Waals surface area contributed by atoms with Crippen LogP contribution in [0.25, 0.3) is 11.4 Å². The maximum Gasteiger partial charge on any atom is 0.255 e. The first-order valence-corrected chi connectivity index (χ1v) is 10.3. The number of methoxy groups -OCH3 is 1. The zero-order valence-corrected chi connectivity index (χ0v) is 18.1. The number of ether oxygens (including phenoxy) is 1. The molecule has 0 saturated carbocycles. The zero-order valence-electron chi connectivity index (χ0n) is 18.1. The summed E-state index contributed by atoms with van der Waals surface area (Å²) < 4.78 is 7.04. The Morgan fingerprint density at radius 1 is 1.06 bits per heavy atom. The van der Waals surface area contributed by atoms with E-state index in [4.69, 9.17) is 9.84 Å². The number of aromatic nitrogens is 5. The van der Waals surface area contributed by atoms with Crippen LogP contribution < -0.4 is 15.4 Å². The van der Waals surface area contributed by atoms with E-state index in [0.29, 0.717) is 28.7 Å². The van der Waals surface area contributed by atoms with Gasteiger partial charge in [-0.2, -0.15) is 4.98 Å². The Morgan fingerprint density at radius 2 is 1.82 bits per heavy atom. The van der Waals surface area contributed by atoms with Crippen molar-refractivity contribution in [3.8, 4) is 17.1 Å². The largest absolute Gasteiger partial charge is 0.497 e. The molecule has 4 heterocycles. The first kappa shape index (κ1) is 20.4. The molecule has 0 bridgehead atoms. The summed E-state index contributed by atoms with van der Waals surface area (Å²) in [5.74, 6) is 1.54. The van der Waals surface area contributed by atoms with E-state index in [2.05, 4.69) is 25.6 Å². The monoisotopic (exact) mass is 439 g/mol. The van der Waals surface area contributed by atoms with Crippen molar-refractivity contribution in [3.05, 3.63) is 90.2 Å². The Hall–Kier alpha value is -4.53. The average molecular weight is 439 g/mol. The van der Waals surface area contributed by atoms with Crippen LogP contribution in [0.1, 0.15) is 18.5 Å². The number of hydrogen-bond donors (Lipinski definition) is 2. The van der Waals surface area contributed by atoms with E-state index in [1.807, 2.05) is 43.3 Å². The van der Waals surface area contributed by atoms with Crippen molar-refractivity contribution in [2.45, 2.75) is 13.0 Å². The molecule has 1 aliphatic heterocycles. The molecule has 1 amide bonds. The molecule has 0 spiro atoms. The van der Waals surface area contributed by atoms with Crippen molar-refractivity contribution in [2.75, 3.05) is 17.7 Å². The second-order valence-corrected chi connectivity index (χ2v) is 7.48. The van der Waals surface area contributed by atoms with E-state index in [0.717, 1.165) is 16.9 Å². The number of fused-ring (bicyclic) bond motifs is 1. The van der Waals surface area contributed by atoms with Gasteiger partial charge >= 0.3 is 0 Å². The molecule has 0 radical (unpaired) electrons. The third-order valence-corrected chi connectivity index (χ3v) is 5.37. The SMILES string of the molecule is COc1ccc(C2C(C(=O)Nc3cccnc3)=C(C)Nc3nc(-c4cccnc4)nn32)cc1. The zero-order chi connectivity index (χ0) is 22.8. The van der Waals surface area contributed by atoms with Crippen molar-refractivity contribution < 1.29 is 9.53 Å². The first-order valence-electron chi connectivity index (χ1n) is 10.3. The van der Waals surface area contributed by atoms with Crippen LogP contribution in [0.3, 0.4) is 0 Å². The number of pyridine rings is 2. The number of rotatable bonds is 5. The highest BCUT2D eigenvalue weighted by Crippen LogP contribution is 2.37. The molecule has 4 aromatic rings. The Balaban J connectivity index is 1.60. The number of carbonyl (C=O) groups excluding carboxylic acids is 1. The third kappa shape index (κ3) is 3.91. The minimum atomic E-state index is -0.498. The van der Waals surface area contributed by atoms with Gasteiger partial charge in [-0.15, -0.1) is 5.10 Å². The molecule has 0 fully saturated rings. The Morgan fingerprint density at radius 3 is 2.48 bits per heavy atom. The first-order chi connectivity index (χ1) is 16.1. The van der Waals surface area contributed by atoms with Gasteiger partial charge in [0.1, 0.15) is 11.8 Å². The van der Waals surface area contributed by atoms with Crippen LogP contribution in [-0.2, 0) is 4.79 Å². The van der Waals surface area contributed by atoms with Gasteiger partial charge in [0.15, 0.2) is 5.82 Å². The molecule has 1 aliphatic rings. The van der Waals surface area contributed by atoms with Crippen molar-refractivity contribution in [1.82, 2.24) is 24.7 Å². The second kappa shape index (κ2) is 8.54. The van der Waals surface area contributed by atoms with Crippen LogP contribution in [0.15, 0.2) is 84.6 Å². The maximum absolute atomic E-state index is 13.4. The van der Waals surface area contributed by atoms with Gasteiger partial charge in [0.25, 0.3) is 5.91 Å². The smallest absolute Gasteiger partial charge is 0.255 e. The second-order valence-electron chi connectivity index (χ2n) is 7.48. The highest BCUT2D eigenvalue weighted by atomic mass is 16.5. The van der Waals surface area contributed by atoms with Gasteiger partial charge in [-0.1, -0.05) is 12.1 Å². The lowest BCUT2D eigenvalue weighted by molar-refractivity contribution is -0.113. The lowest BCUT2D eigenvalue weighted by Gasteiger charge is -2.28. The molecule has 1 atom stereocenters. The molecule has 3 aromatic heterocycles. The summed E-state index contributed by atoms with van der Waals surface area (Å²) in [4.78, 5) is 26.3. The topological polar surface area (TPSA) is 107 Å². The fourth-order valence-electron chi connectivity index (χ4n) is 3.79. The van der Waals surface area contributed by atoms with E-state index in [9.17, 15) is 4.79 Å². The lowest BCUT2D eigenvalue weighted by atomic mass is 9.95. The van der Waals surface area contributed by atoms with Crippen LogP contribution in [0.2, 0.25) is 0 Å². The van der Waals surface area contributed by atoms with Crippen LogP contribution in [0.5, 0.6) is 5.75 Å². The van der Waals surface area contributed by atoms with Gasteiger partial charge in [-0.05, 0) is 48.9 Å². The molecule has 9 heteroatoms. The molecule has 33 heavy (non-hydrogen) atoms. The number of nitrogens with one attached hydrogen (secondary N) is 2. The van der Waals surface area contributed by atoms with Crippen LogP contribution in [0.4, 0.5) is 11.6 Å². The van der Waals surface area contributed by atoms with Crippen molar-refractivity contribution in [3.63, 3.8) is 0 Å². The van der Waals surface area contributed by atoms with E-state index < -0.39 is 6.04 Å². The van der Waals surface area contributed by atoms with Crippen molar-refractivity contribution >= 4 is 17.5 Å². The highest BCUT2D eigenvalue weighted by molar-refractivity contribution is 6.05. The van der Waals surface area contributed by atoms with Gasteiger partial charge < -0.3 is 15.4 Å². The number of amides is 1. The third-order valence-electron chi connectivity index (χ3n) is 5.37. The van der Waals surface area contributed by atoms with E-state index in [-0.39, 0.29) is 5.91 Å². The summed E-state index contributed by atoms with van der Waals surface area (Å²) >= 11 is 0. The van der Waals surface area contributed by atoms with Crippen LogP contribution in [-0.4, -0.2) is 37.7 Å². The molecular weight excluding hydrogens is 418 g/mol. The summed E-state index contributed by atoms with van der Waals surface area (Å²) in [7, 11) is 1.62. The molecule has 0 aliphatic carbocycles. The van der Waals surface area contributed by atoms with E-state index >= 15 is 0 Å². The maximum atomic E-state index is 13.4. The molecule has 1 unspecified atom stereocenters. The van der Waals surface area contributed by atoms with Gasteiger partial charge in [0, 0.05) is 29.9 Å². The summed E-state index contributed by atoms with van der Waals surface area (Å²) in [6, 6.07) is 14.4. The van der Waals surface area contributed by atoms with Gasteiger partial charge in [0.2, 0.25) is 5.95 Å². The molecular formula is C24H21N7O2. The number of nitrogens with zero attached hydrogens (tertiary/aromatic N) is 5. The summed E-state index contributed by atoms with van der Waals surface area (Å²) in [5, 5.41) is 10.9. The van der Waals surface area contributed by atoms with Gasteiger partial charge in [-0.25, -0.2) is 4.68 Å². The fraction of sp³-hybridized carbons (Fsp3) is 0.125. The predicted octanol–water partition coefficient (Wildman–Crippen LogP) is 3.67. The minimum Gasteiger partial charge on any atom is -0.497 e. The molecule has 0 saturated heterocycles. The summed E-state index contributed by atoms with van der Waals surface area (Å²) in [6.45, 7) is 1.86. The normalized spacial score (nSPS) is 14.9. The van der Waals surface area contributed by atoms with Crippen LogP contribution in [0, 0.1) is 0 Å². The highest BCUT2D eigenvalue weighted by Gasteiger charge is 2.34. The minimum absolute atomic E-state index is 0.252. The summed E-state index contributed by atoms with van der Waals surface area (Å²) in [6.07, 6.45) is 6.67. The molecule has 1 aromatic carbocycles. The fourth-order valence-corrected chi connectivity index (χ4v) is 3.79. The molecule has 164 valence electrons. The van der Waals surface area contributed by atoms with Gasteiger partial charge in [-0.3, -0.25) is 14.8 Å². The van der Waals surface area contributed by atoms with Crippen molar-refractivity contribution in [1.29, 1.82) is 0 Å². The quantitative estimate of drug-likeness (QED) is 0.489. The molecule has 5 rings (SSSR count). The Bertz CT molecular complexity index is 1320. The lowest BCUT2D eigenvalue weighted by Crippen LogP contribution is -2.31. The Labute approximate surface area is 190 Å². The van der Waals surface area contributed by atoms with Crippen LogP contribution >= 0.6 is 0 Å². The van der Waals surface area contributed by atoms with Crippen molar-refractivity contribution in [2.24, 2.45) is 0 Å². The predicted molar refractivity (Wildman–Crippen MR) is 124 cm³/mol. The average Bonchev–Trinajstić information content (AvgIpc) is 3.28. The Kier molecular flexibility index (Phi) is 5.27. The molecule has 9 nitrogen and oxygen atoms in total. The number of carbonyl (C=O) groups is 1. The van der Waals surface area contributed by atoms with E-state index in [1.54, 1.807) is 48.7 Å². The van der Waals surface area contributed by atoms with Gasteiger partial charge in [0.05, 0.1) is 24.6 Å². The van der Waals surface area contributed by atoms with E-state index in [1.165, 1.54) is 0 Å². The standard InChI is InChI=1S/C24H21N7O2/c1-15-20(23(32)28-18-6-4-12-26-14-18)21(16-7-9-19(33-2)10-8-16)31-24(27-15)29-22(30-31)17-5-3-11-25-13-17/h3-14,21H,1-2H3,(H,28,32)(H,27,29,30).